The van der Waals surface area contributed by atoms with Crippen LogP contribution in [0, 0.1) is 0 Å². The fourth-order valence-electron chi connectivity index (χ4n) is 4.59. The molecule has 4 aromatic heterocycles. The molecule has 15 nitrogen and oxygen atoms in total. The number of hydrogen-bond donors (Lipinski definition) is 4. The number of ether oxygens (including phenoxy) is 1. The predicted octanol–water partition coefficient (Wildman–Crippen LogP) is 0.825. The standard InChI is InChI=1S/C25H30N12O3/c1-3-37-33-22(32-34-37)20-18(38)19(39)24(40-20)36-14-29-17-21(27-11-15-7-5-4-6-8-15)30-25(31-23(17)36)26-10-9-16-12-35(2)13-28-16/h4-8,12-14,18-20,24,38-39H,3,9-11H2,1-2H3,(H2,26,27,30,31). The van der Waals surface area contributed by atoms with Crippen LogP contribution in [0.15, 0.2) is 49.2 Å². The molecule has 0 spiro atoms. The summed E-state index contributed by atoms with van der Waals surface area (Å²) >= 11 is 0. The van der Waals surface area contributed by atoms with Crippen LogP contribution in [0.5, 0.6) is 0 Å². The summed E-state index contributed by atoms with van der Waals surface area (Å²) < 4.78 is 9.55. The number of tetrazole rings is 1. The van der Waals surface area contributed by atoms with Crippen LogP contribution in [-0.2, 0) is 31.3 Å². The van der Waals surface area contributed by atoms with Gasteiger partial charge < -0.3 is 30.2 Å². The fourth-order valence-corrected chi connectivity index (χ4v) is 4.59. The summed E-state index contributed by atoms with van der Waals surface area (Å²) in [7, 11) is 1.93. The molecule has 1 fully saturated rings. The number of aromatic nitrogens is 10. The number of fused-ring (bicyclic) bond motifs is 1. The number of aliphatic hydroxyl groups excluding tert-OH is 2. The van der Waals surface area contributed by atoms with Crippen LogP contribution in [0.1, 0.15) is 36.3 Å². The lowest BCUT2D eigenvalue weighted by Crippen LogP contribution is -2.29. The molecule has 0 amide bonds. The van der Waals surface area contributed by atoms with Gasteiger partial charge in [0, 0.05) is 32.8 Å². The van der Waals surface area contributed by atoms with E-state index < -0.39 is 24.5 Å². The van der Waals surface area contributed by atoms with Gasteiger partial charge in [0.25, 0.3) is 0 Å². The Labute approximate surface area is 228 Å². The van der Waals surface area contributed by atoms with Gasteiger partial charge in [-0.3, -0.25) is 4.57 Å². The Hall–Kier alpha value is -4.47. The second-order valence-corrected chi connectivity index (χ2v) is 9.53. The Balaban J connectivity index is 1.30. The van der Waals surface area contributed by atoms with Crippen LogP contribution in [0.4, 0.5) is 11.8 Å². The lowest BCUT2D eigenvalue weighted by atomic mass is 10.1. The Morgan fingerprint density at radius 2 is 1.88 bits per heavy atom. The number of hydrogen-bond acceptors (Lipinski definition) is 12. The number of imidazole rings is 2. The summed E-state index contributed by atoms with van der Waals surface area (Å²) in [5.41, 5.74) is 2.94. The van der Waals surface area contributed by atoms with Crippen molar-refractivity contribution < 1.29 is 14.9 Å². The number of anilines is 2. The second kappa shape index (κ2) is 11.0. The van der Waals surface area contributed by atoms with Gasteiger partial charge in [0.1, 0.15) is 12.2 Å². The van der Waals surface area contributed by atoms with Crippen LogP contribution in [0.3, 0.4) is 0 Å². The van der Waals surface area contributed by atoms with Crippen LogP contribution in [0.2, 0.25) is 0 Å². The van der Waals surface area contributed by atoms with E-state index in [9.17, 15) is 10.2 Å². The molecule has 0 radical (unpaired) electrons. The zero-order valence-electron chi connectivity index (χ0n) is 22.0. The van der Waals surface area contributed by atoms with Crippen LogP contribution >= 0.6 is 0 Å². The van der Waals surface area contributed by atoms with E-state index in [1.807, 2.05) is 55.1 Å². The average molecular weight is 547 g/mol. The highest BCUT2D eigenvalue weighted by atomic mass is 16.6. The van der Waals surface area contributed by atoms with E-state index in [0.29, 0.717) is 49.0 Å². The highest BCUT2D eigenvalue weighted by molar-refractivity contribution is 5.84. The van der Waals surface area contributed by atoms with Crippen molar-refractivity contribution in [3.8, 4) is 0 Å². The van der Waals surface area contributed by atoms with Crippen molar-refractivity contribution in [2.24, 2.45) is 7.05 Å². The number of nitrogens with zero attached hydrogens (tertiary/aromatic N) is 10. The molecule has 5 aromatic rings. The summed E-state index contributed by atoms with van der Waals surface area (Å²) in [4.78, 5) is 19.7. The SMILES string of the molecule is CCn1nnc(C2OC(n3cnc4c(NCc5ccccc5)nc(NCCc5cn(C)cn5)nc43)C(O)C2O)n1. The lowest BCUT2D eigenvalue weighted by Gasteiger charge is -2.17. The molecule has 0 bridgehead atoms. The molecule has 1 aromatic carbocycles. The fraction of sp³-hybridized carbons (Fsp3) is 0.400. The van der Waals surface area contributed by atoms with Gasteiger partial charge in [-0.05, 0) is 17.7 Å². The van der Waals surface area contributed by atoms with Gasteiger partial charge >= 0.3 is 0 Å². The molecule has 208 valence electrons. The normalized spacial score (nSPS) is 20.8. The third kappa shape index (κ3) is 5.09. The average Bonchev–Trinajstić information content (AvgIpc) is 3.76. The number of nitrogens with one attached hydrogen (secondary N) is 2. The minimum absolute atomic E-state index is 0.192. The molecule has 1 saturated heterocycles. The predicted molar refractivity (Wildman–Crippen MR) is 143 cm³/mol. The van der Waals surface area contributed by atoms with Gasteiger partial charge in [0.2, 0.25) is 11.8 Å². The Morgan fingerprint density at radius 3 is 2.62 bits per heavy atom. The lowest BCUT2D eigenvalue weighted by molar-refractivity contribution is -0.0384. The maximum Gasteiger partial charge on any atom is 0.226 e. The number of aliphatic hydroxyl groups is 2. The van der Waals surface area contributed by atoms with Crippen LogP contribution < -0.4 is 10.6 Å². The molecule has 0 aliphatic carbocycles. The smallest absolute Gasteiger partial charge is 0.226 e. The van der Waals surface area contributed by atoms with E-state index in [0.717, 1.165) is 11.3 Å². The van der Waals surface area contributed by atoms with Gasteiger partial charge in [0.15, 0.2) is 29.3 Å². The molecule has 6 rings (SSSR count). The molecule has 4 atom stereocenters. The summed E-state index contributed by atoms with van der Waals surface area (Å²) in [6, 6.07) is 9.94. The van der Waals surface area contributed by atoms with E-state index in [4.69, 9.17) is 9.72 Å². The maximum atomic E-state index is 11.0. The minimum atomic E-state index is -1.28. The first kappa shape index (κ1) is 25.8. The van der Waals surface area contributed by atoms with Gasteiger partial charge in [-0.1, -0.05) is 30.3 Å². The van der Waals surface area contributed by atoms with Crippen molar-refractivity contribution in [1.82, 2.24) is 49.3 Å². The van der Waals surface area contributed by atoms with Gasteiger partial charge in [0.05, 0.1) is 24.9 Å². The third-order valence-electron chi connectivity index (χ3n) is 6.66. The zero-order chi connectivity index (χ0) is 27.6. The van der Waals surface area contributed by atoms with Gasteiger partial charge in [-0.2, -0.15) is 14.8 Å². The second-order valence-electron chi connectivity index (χ2n) is 9.53. The van der Waals surface area contributed by atoms with Crippen molar-refractivity contribution in [1.29, 1.82) is 0 Å². The van der Waals surface area contributed by atoms with Crippen molar-refractivity contribution >= 4 is 22.9 Å². The first-order valence-electron chi connectivity index (χ1n) is 13.0. The van der Waals surface area contributed by atoms with Crippen LogP contribution in [-0.4, -0.2) is 78.2 Å². The van der Waals surface area contributed by atoms with Crippen molar-refractivity contribution in [2.45, 2.75) is 51.0 Å². The van der Waals surface area contributed by atoms with E-state index in [1.165, 1.54) is 11.1 Å². The summed E-state index contributed by atoms with van der Waals surface area (Å²) in [5.74, 6) is 1.08. The molecule has 4 unspecified atom stereocenters. The van der Waals surface area contributed by atoms with Crippen molar-refractivity contribution in [2.75, 3.05) is 17.2 Å². The largest absolute Gasteiger partial charge is 0.387 e. The number of aryl methyl sites for hydroxylation is 2. The van der Waals surface area contributed by atoms with Crippen LogP contribution in [0.25, 0.3) is 11.2 Å². The quantitative estimate of drug-likeness (QED) is 0.194. The van der Waals surface area contributed by atoms with Gasteiger partial charge in [-0.15, -0.1) is 10.2 Å². The van der Waals surface area contributed by atoms with Crippen molar-refractivity contribution in [3.05, 3.63) is 66.3 Å². The minimum Gasteiger partial charge on any atom is -0.387 e. The van der Waals surface area contributed by atoms with Crippen molar-refractivity contribution in [3.63, 3.8) is 0 Å². The Kier molecular flexibility index (Phi) is 7.06. The van der Waals surface area contributed by atoms with E-state index >= 15 is 0 Å². The number of rotatable bonds is 10. The molecule has 15 heteroatoms. The Bertz CT molecular complexity index is 1580. The first-order valence-corrected chi connectivity index (χ1v) is 13.0. The molecule has 1 aliphatic rings. The highest BCUT2D eigenvalue weighted by Crippen LogP contribution is 2.39. The monoisotopic (exact) mass is 546 g/mol. The van der Waals surface area contributed by atoms with E-state index in [-0.39, 0.29) is 5.82 Å². The molecule has 4 N–H and O–H groups in total. The zero-order valence-corrected chi connectivity index (χ0v) is 22.0. The molecular formula is C25H30N12O3. The number of benzene rings is 1. The molecule has 0 saturated carbocycles. The maximum absolute atomic E-state index is 11.0. The van der Waals surface area contributed by atoms with E-state index in [2.05, 4.69) is 41.0 Å². The Morgan fingerprint density at radius 1 is 1.02 bits per heavy atom. The summed E-state index contributed by atoms with van der Waals surface area (Å²) in [6.45, 7) is 3.46. The summed E-state index contributed by atoms with van der Waals surface area (Å²) in [5, 5.41) is 40.5. The van der Waals surface area contributed by atoms with E-state index in [1.54, 1.807) is 10.9 Å². The third-order valence-corrected chi connectivity index (χ3v) is 6.66. The molecular weight excluding hydrogens is 516 g/mol. The molecule has 5 heterocycles. The first-order chi connectivity index (χ1) is 19.5. The summed E-state index contributed by atoms with van der Waals surface area (Å²) in [6.07, 6.45) is 1.40. The highest BCUT2D eigenvalue weighted by Gasteiger charge is 2.47. The topological polar surface area (TPSA) is 179 Å². The molecule has 1 aliphatic heterocycles. The molecule has 40 heavy (non-hydrogen) atoms. The van der Waals surface area contributed by atoms with Gasteiger partial charge in [-0.25, -0.2) is 9.97 Å².